The lowest BCUT2D eigenvalue weighted by Gasteiger charge is -2.26. The Morgan fingerprint density at radius 1 is 1.25 bits per heavy atom. The number of hydrogen-bond donors (Lipinski definition) is 2. The summed E-state index contributed by atoms with van der Waals surface area (Å²) in [6.45, 7) is 7.48. The van der Waals surface area contributed by atoms with E-state index < -0.39 is 10.0 Å². The van der Waals surface area contributed by atoms with E-state index in [1.165, 1.54) is 18.6 Å². The molecule has 0 aromatic carbocycles. The quantitative estimate of drug-likeness (QED) is 0.499. The summed E-state index contributed by atoms with van der Waals surface area (Å²) >= 11 is 3.80. The average molecular weight is 395 g/mol. The molecule has 2 N–H and O–H groups in total. The molecule has 1 unspecified atom stereocenters. The van der Waals surface area contributed by atoms with Gasteiger partial charge in [0.1, 0.15) is 0 Å². The molecule has 1 atom stereocenters. The van der Waals surface area contributed by atoms with E-state index in [9.17, 15) is 8.42 Å². The fourth-order valence-corrected chi connectivity index (χ4v) is 6.52. The van der Waals surface area contributed by atoms with Gasteiger partial charge >= 0.3 is 0 Å². The van der Waals surface area contributed by atoms with E-state index >= 15 is 0 Å². The first kappa shape index (κ1) is 20.2. The Balaban J connectivity index is 1.82. The summed E-state index contributed by atoms with van der Waals surface area (Å²) in [6.07, 6.45) is 2.45. The minimum absolute atomic E-state index is 0.119. The van der Waals surface area contributed by atoms with E-state index in [0.717, 1.165) is 30.6 Å². The maximum atomic E-state index is 12.4. The molecule has 9 heteroatoms. The number of hydrogen-bond acceptors (Lipinski definition) is 5. The van der Waals surface area contributed by atoms with Crippen LogP contribution in [0, 0.1) is 0 Å². The van der Waals surface area contributed by atoms with E-state index in [2.05, 4.69) is 22.5 Å². The number of nitrogens with zero attached hydrogens (tertiary/aromatic N) is 2. The summed E-state index contributed by atoms with van der Waals surface area (Å²) < 4.78 is 26.6. The topological polar surface area (TPSA) is 73.8 Å². The summed E-state index contributed by atoms with van der Waals surface area (Å²) in [7, 11) is -3.17. The van der Waals surface area contributed by atoms with Gasteiger partial charge in [-0.25, -0.2) is 12.7 Å². The van der Waals surface area contributed by atoms with Crippen LogP contribution in [-0.2, 0) is 10.0 Å². The van der Waals surface area contributed by atoms with Crippen molar-refractivity contribution in [3.63, 3.8) is 0 Å². The molecule has 2 fully saturated rings. The second-order valence-electron chi connectivity index (χ2n) is 6.35. The molecule has 6 nitrogen and oxygen atoms in total. The Morgan fingerprint density at radius 2 is 2.00 bits per heavy atom. The first-order chi connectivity index (χ1) is 11.5. The van der Waals surface area contributed by atoms with E-state index in [4.69, 9.17) is 0 Å². The molecule has 2 rings (SSSR count). The average Bonchev–Trinajstić information content (AvgIpc) is 3.00. The van der Waals surface area contributed by atoms with Crippen LogP contribution in [0.25, 0.3) is 0 Å². The van der Waals surface area contributed by atoms with Gasteiger partial charge in [0.2, 0.25) is 10.0 Å². The first-order valence-corrected chi connectivity index (χ1v) is 12.4. The fourth-order valence-electron chi connectivity index (χ4n) is 2.80. The number of guanidine groups is 1. The van der Waals surface area contributed by atoms with Gasteiger partial charge in [0.25, 0.3) is 0 Å². The molecular formula is C15H30N4O2S3. The molecule has 0 spiro atoms. The smallest absolute Gasteiger partial charge is 0.215 e. The van der Waals surface area contributed by atoms with E-state index in [-0.39, 0.29) is 10.5 Å². The van der Waals surface area contributed by atoms with Crippen molar-refractivity contribution in [2.75, 3.05) is 55.7 Å². The van der Waals surface area contributed by atoms with Crippen LogP contribution in [0.1, 0.15) is 26.7 Å². The molecule has 2 heterocycles. The minimum atomic E-state index is -3.17. The zero-order valence-corrected chi connectivity index (χ0v) is 17.2. The predicted molar refractivity (Wildman–Crippen MR) is 107 cm³/mol. The molecule has 0 saturated carbocycles. The molecule has 24 heavy (non-hydrogen) atoms. The van der Waals surface area contributed by atoms with Crippen molar-refractivity contribution in [2.24, 2.45) is 4.99 Å². The molecule has 2 aliphatic heterocycles. The number of nitrogens with one attached hydrogen (secondary N) is 2. The van der Waals surface area contributed by atoms with Gasteiger partial charge in [-0.3, -0.25) is 4.99 Å². The molecule has 0 bridgehead atoms. The molecule has 140 valence electrons. The summed E-state index contributed by atoms with van der Waals surface area (Å²) in [5.74, 6) is 3.84. The molecular weight excluding hydrogens is 364 g/mol. The third-order valence-electron chi connectivity index (χ3n) is 4.23. The Kier molecular flexibility index (Phi) is 8.03. The second kappa shape index (κ2) is 9.54. The number of sulfonamides is 1. The van der Waals surface area contributed by atoms with Gasteiger partial charge in [0.05, 0.1) is 12.3 Å². The van der Waals surface area contributed by atoms with Crippen molar-refractivity contribution in [1.29, 1.82) is 0 Å². The summed E-state index contributed by atoms with van der Waals surface area (Å²) in [5.41, 5.74) is 0. The molecule has 0 aromatic heterocycles. The van der Waals surface area contributed by atoms with Crippen LogP contribution in [0.2, 0.25) is 0 Å². The lowest BCUT2D eigenvalue weighted by molar-refractivity contribution is 0.443. The van der Waals surface area contributed by atoms with E-state index in [1.54, 1.807) is 4.31 Å². The Labute approximate surface area is 155 Å². The maximum Gasteiger partial charge on any atom is 0.215 e. The number of thioether (sulfide) groups is 2. The molecule has 0 radical (unpaired) electrons. The lowest BCUT2D eigenvalue weighted by Crippen LogP contribution is -2.44. The Hall–Kier alpha value is -0.120. The van der Waals surface area contributed by atoms with Crippen LogP contribution >= 0.6 is 23.5 Å². The van der Waals surface area contributed by atoms with Crippen molar-refractivity contribution in [2.45, 2.75) is 31.4 Å². The Bertz CT molecular complexity index is 513. The molecule has 0 aromatic rings. The molecule has 0 amide bonds. The van der Waals surface area contributed by atoms with Crippen LogP contribution in [0.3, 0.4) is 0 Å². The first-order valence-electron chi connectivity index (χ1n) is 8.67. The molecule has 2 aliphatic rings. The SMILES string of the molecule is CCNC(=NCC1(C)CCCS1)NCCS(=O)(=O)N1CCSCC1. The third-order valence-corrected chi connectivity index (χ3v) is 8.57. The van der Waals surface area contributed by atoms with E-state index in [1.807, 2.05) is 30.4 Å². The highest BCUT2D eigenvalue weighted by Crippen LogP contribution is 2.37. The lowest BCUT2D eigenvalue weighted by atomic mass is 10.1. The highest BCUT2D eigenvalue weighted by molar-refractivity contribution is 8.00. The molecule has 0 aliphatic carbocycles. The van der Waals surface area contributed by atoms with Crippen molar-refractivity contribution < 1.29 is 8.42 Å². The fraction of sp³-hybridized carbons (Fsp3) is 0.933. The molecule has 2 saturated heterocycles. The van der Waals surface area contributed by atoms with Gasteiger partial charge in [-0.15, -0.1) is 0 Å². The largest absolute Gasteiger partial charge is 0.357 e. The van der Waals surface area contributed by atoms with Gasteiger partial charge in [-0.1, -0.05) is 0 Å². The predicted octanol–water partition coefficient (Wildman–Crippen LogP) is 1.21. The van der Waals surface area contributed by atoms with Gasteiger partial charge < -0.3 is 10.6 Å². The van der Waals surface area contributed by atoms with Crippen LogP contribution in [0.5, 0.6) is 0 Å². The zero-order chi connectivity index (χ0) is 17.5. The zero-order valence-electron chi connectivity index (χ0n) is 14.7. The summed E-state index contributed by atoms with van der Waals surface area (Å²) in [4.78, 5) is 4.66. The van der Waals surface area contributed by atoms with Crippen molar-refractivity contribution in [3.05, 3.63) is 0 Å². The summed E-state index contributed by atoms with van der Waals surface area (Å²) in [6, 6.07) is 0. The van der Waals surface area contributed by atoms with Gasteiger partial charge in [-0.2, -0.15) is 23.5 Å². The van der Waals surface area contributed by atoms with Crippen molar-refractivity contribution >= 4 is 39.5 Å². The van der Waals surface area contributed by atoms with Crippen LogP contribution < -0.4 is 10.6 Å². The second-order valence-corrected chi connectivity index (χ2v) is 11.3. The minimum Gasteiger partial charge on any atom is -0.357 e. The summed E-state index contributed by atoms with van der Waals surface area (Å²) in [5, 5.41) is 6.38. The third kappa shape index (κ3) is 6.31. The van der Waals surface area contributed by atoms with Gasteiger partial charge in [0, 0.05) is 42.4 Å². The van der Waals surface area contributed by atoms with Crippen LogP contribution in [0.15, 0.2) is 4.99 Å². The van der Waals surface area contributed by atoms with Gasteiger partial charge in [-0.05, 0) is 32.4 Å². The van der Waals surface area contributed by atoms with Crippen molar-refractivity contribution in [1.82, 2.24) is 14.9 Å². The number of aliphatic imine (C=N–C) groups is 1. The maximum absolute atomic E-state index is 12.4. The van der Waals surface area contributed by atoms with Crippen LogP contribution in [-0.4, -0.2) is 79.2 Å². The van der Waals surface area contributed by atoms with E-state index in [0.29, 0.717) is 19.6 Å². The highest BCUT2D eigenvalue weighted by Gasteiger charge is 2.29. The normalized spacial score (nSPS) is 26.5. The standard InChI is InChI=1S/C15H30N4O2S3/c1-3-16-14(18-13-15(2)5-4-9-23-15)17-6-12-24(20,21)19-7-10-22-11-8-19/h3-13H2,1-2H3,(H2,16,17,18). The van der Waals surface area contributed by atoms with Gasteiger partial charge in [0.15, 0.2) is 5.96 Å². The highest BCUT2D eigenvalue weighted by atomic mass is 32.2. The van der Waals surface area contributed by atoms with Crippen molar-refractivity contribution in [3.8, 4) is 0 Å². The van der Waals surface area contributed by atoms with Crippen LogP contribution in [0.4, 0.5) is 0 Å². The Morgan fingerprint density at radius 3 is 2.62 bits per heavy atom. The number of rotatable bonds is 7. The monoisotopic (exact) mass is 394 g/mol.